The van der Waals surface area contributed by atoms with Crippen molar-refractivity contribution in [2.45, 2.75) is 0 Å². The molecule has 78 valence electrons. The summed E-state index contributed by atoms with van der Waals surface area (Å²) >= 11 is 3.21. The Morgan fingerprint density at radius 3 is 2.67 bits per heavy atom. The Bertz CT molecular complexity index is 412. The largest absolute Gasteiger partial charge is 0.478 e. The van der Waals surface area contributed by atoms with Crippen LogP contribution in [0.1, 0.15) is 0 Å². The fourth-order valence-electron chi connectivity index (χ4n) is 0.820. The molecule has 1 aromatic rings. The monoisotopic (exact) mass is 270 g/mol. The van der Waals surface area contributed by atoms with Gasteiger partial charge in [0.25, 0.3) is 0 Å². The van der Waals surface area contributed by atoms with Crippen molar-refractivity contribution < 1.29 is 19.4 Å². The zero-order valence-electron chi connectivity index (χ0n) is 7.51. The molecule has 1 aromatic carbocycles. The molecule has 0 unspecified atom stereocenters. The van der Waals surface area contributed by atoms with E-state index in [9.17, 15) is 9.59 Å². The molecule has 0 saturated carbocycles. The van der Waals surface area contributed by atoms with Gasteiger partial charge in [0.1, 0.15) is 5.75 Å². The molecule has 0 aliphatic carbocycles. The maximum atomic E-state index is 11.0. The first-order valence-corrected chi connectivity index (χ1v) is 4.75. The summed E-state index contributed by atoms with van der Waals surface area (Å²) in [5, 5.41) is 8.27. The summed E-state index contributed by atoms with van der Waals surface area (Å²) < 4.78 is 5.60. The maximum Gasteiger partial charge on any atom is 0.336 e. The second-order valence-electron chi connectivity index (χ2n) is 2.55. The minimum atomic E-state index is -1.19. The lowest BCUT2D eigenvalue weighted by Crippen LogP contribution is -2.04. The number of aliphatic carboxylic acids is 1. The minimum absolute atomic E-state index is 0.351. The van der Waals surface area contributed by atoms with E-state index in [2.05, 4.69) is 15.9 Å². The molecule has 0 fully saturated rings. The van der Waals surface area contributed by atoms with Crippen LogP contribution in [0, 0.1) is 0 Å². The van der Waals surface area contributed by atoms with Crippen molar-refractivity contribution in [1.29, 1.82) is 0 Å². The summed E-state index contributed by atoms with van der Waals surface area (Å²) in [6, 6.07) is 6.68. The number of ether oxygens (including phenoxy) is 1. The van der Waals surface area contributed by atoms with Crippen LogP contribution < -0.4 is 4.74 Å². The molecule has 0 spiro atoms. The summed E-state index contributed by atoms with van der Waals surface area (Å²) in [5.41, 5.74) is 0. The highest BCUT2D eigenvalue weighted by Gasteiger charge is 2.01. The van der Waals surface area contributed by atoms with Gasteiger partial charge in [-0.3, -0.25) is 0 Å². The summed E-state index contributed by atoms with van der Waals surface area (Å²) in [5.74, 6) is -1.57. The van der Waals surface area contributed by atoms with Gasteiger partial charge in [0, 0.05) is 16.6 Å². The van der Waals surface area contributed by atoms with E-state index in [1.165, 1.54) is 0 Å². The molecule has 15 heavy (non-hydrogen) atoms. The molecule has 0 amide bonds. The van der Waals surface area contributed by atoms with E-state index in [1.54, 1.807) is 24.3 Å². The second-order valence-corrected chi connectivity index (χ2v) is 3.47. The highest BCUT2D eigenvalue weighted by Crippen LogP contribution is 2.17. The second kappa shape index (κ2) is 5.31. The predicted molar refractivity (Wildman–Crippen MR) is 56.6 cm³/mol. The number of esters is 1. The summed E-state index contributed by atoms with van der Waals surface area (Å²) in [7, 11) is 0. The molecule has 1 N–H and O–H groups in total. The van der Waals surface area contributed by atoms with Gasteiger partial charge in [-0.2, -0.15) is 0 Å². The Morgan fingerprint density at radius 2 is 2.07 bits per heavy atom. The lowest BCUT2D eigenvalue weighted by atomic mass is 10.3. The Labute approximate surface area is 94.3 Å². The van der Waals surface area contributed by atoms with Crippen molar-refractivity contribution in [3.63, 3.8) is 0 Å². The highest BCUT2D eigenvalue weighted by molar-refractivity contribution is 9.10. The number of hydrogen-bond acceptors (Lipinski definition) is 3. The molecule has 0 radical (unpaired) electrons. The number of benzene rings is 1. The molecule has 0 aliphatic rings. The average molecular weight is 271 g/mol. The first-order chi connectivity index (χ1) is 7.08. The Balaban J connectivity index is 2.63. The van der Waals surface area contributed by atoms with E-state index in [-0.39, 0.29) is 0 Å². The fraction of sp³-hybridized carbons (Fsp3) is 0. The normalized spacial score (nSPS) is 10.2. The predicted octanol–water partition coefficient (Wildman–Crippen LogP) is 2.00. The van der Waals surface area contributed by atoms with E-state index in [1.807, 2.05) is 0 Å². The quantitative estimate of drug-likeness (QED) is 0.518. The summed E-state index contributed by atoms with van der Waals surface area (Å²) in [6.07, 6.45) is 1.57. The van der Waals surface area contributed by atoms with Gasteiger partial charge in [-0.15, -0.1) is 0 Å². The number of carboxylic acid groups (broad SMARTS) is 1. The van der Waals surface area contributed by atoms with Gasteiger partial charge in [0.05, 0.1) is 0 Å². The van der Waals surface area contributed by atoms with Crippen LogP contribution in [0.4, 0.5) is 0 Å². The van der Waals surface area contributed by atoms with Gasteiger partial charge in [-0.1, -0.05) is 22.0 Å². The zero-order valence-corrected chi connectivity index (χ0v) is 9.10. The lowest BCUT2D eigenvalue weighted by Gasteiger charge is -2.00. The Morgan fingerprint density at radius 1 is 1.33 bits per heavy atom. The first kappa shape index (κ1) is 11.5. The van der Waals surface area contributed by atoms with Crippen molar-refractivity contribution in [2.75, 3.05) is 0 Å². The van der Waals surface area contributed by atoms with Crippen LogP contribution in [0.25, 0.3) is 0 Å². The van der Waals surface area contributed by atoms with Gasteiger partial charge in [0.2, 0.25) is 0 Å². The molecule has 0 heterocycles. The highest BCUT2D eigenvalue weighted by atomic mass is 79.9. The van der Waals surface area contributed by atoms with Gasteiger partial charge >= 0.3 is 11.9 Å². The van der Waals surface area contributed by atoms with Crippen molar-refractivity contribution >= 4 is 27.9 Å². The average Bonchev–Trinajstić information content (AvgIpc) is 2.15. The third-order valence-corrected chi connectivity index (χ3v) is 1.87. The lowest BCUT2D eigenvalue weighted by molar-refractivity contribution is -0.133. The summed E-state index contributed by atoms with van der Waals surface area (Å²) in [4.78, 5) is 21.1. The van der Waals surface area contributed by atoms with Crippen molar-refractivity contribution in [2.24, 2.45) is 0 Å². The van der Waals surface area contributed by atoms with Crippen LogP contribution in [0.2, 0.25) is 0 Å². The zero-order chi connectivity index (χ0) is 11.3. The number of hydrogen-bond donors (Lipinski definition) is 1. The summed E-state index contributed by atoms with van der Waals surface area (Å²) in [6.45, 7) is 0. The molecule has 0 aliphatic heterocycles. The number of carbonyl (C=O) groups is 2. The number of carboxylic acids is 1. The molecular weight excluding hydrogens is 264 g/mol. The number of carbonyl (C=O) groups excluding carboxylic acids is 1. The minimum Gasteiger partial charge on any atom is -0.478 e. The van der Waals surface area contributed by atoms with Gasteiger partial charge in [-0.25, -0.2) is 9.59 Å². The molecule has 5 heteroatoms. The molecule has 1 rings (SSSR count). The van der Waals surface area contributed by atoms with Crippen LogP contribution in [0.3, 0.4) is 0 Å². The van der Waals surface area contributed by atoms with Crippen LogP contribution >= 0.6 is 15.9 Å². The van der Waals surface area contributed by atoms with Gasteiger partial charge in [-0.05, 0) is 18.2 Å². The topological polar surface area (TPSA) is 63.6 Å². The van der Waals surface area contributed by atoms with E-state index in [4.69, 9.17) is 9.84 Å². The van der Waals surface area contributed by atoms with E-state index < -0.39 is 11.9 Å². The molecule has 0 saturated heterocycles. The van der Waals surface area contributed by atoms with Gasteiger partial charge < -0.3 is 9.84 Å². The van der Waals surface area contributed by atoms with Crippen LogP contribution in [0.15, 0.2) is 40.9 Å². The Kier molecular flexibility index (Phi) is 4.05. The fourth-order valence-corrected chi connectivity index (χ4v) is 1.20. The van der Waals surface area contributed by atoms with Crippen LogP contribution in [-0.2, 0) is 9.59 Å². The Hall–Kier alpha value is -1.62. The standard InChI is InChI=1S/C10H7BrO4/c11-7-2-1-3-8(6-7)15-10(14)5-4-9(12)13/h1-6H,(H,12,13)/b5-4+. The van der Waals surface area contributed by atoms with Crippen LogP contribution in [-0.4, -0.2) is 17.0 Å². The van der Waals surface area contributed by atoms with Crippen molar-refractivity contribution in [1.82, 2.24) is 0 Å². The molecule has 4 nitrogen and oxygen atoms in total. The third kappa shape index (κ3) is 4.42. The van der Waals surface area contributed by atoms with Gasteiger partial charge in [0.15, 0.2) is 0 Å². The molecule has 0 aromatic heterocycles. The van der Waals surface area contributed by atoms with Crippen LogP contribution in [0.5, 0.6) is 5.75 Å². The molecule has 0 bridgehead atoms. The SMILES string of the molecule is O=C(O)/C=C/C(=O)Oc1cccc(Br)c1. The number of halogens is 1. The number of rotatable bonds is 3. The van der Waals surface area contributed by atoms with E-state index in [0.717, 1.165) is 16.6 Å². The smallest absolute Gasteiger partial charge is 0.336 e. The van der Waals surface area contributed by atoms with E-state index in [0.29, 0.717) is 5.75 Å². The molecular formula is C10H7BrO4. The first-order valence-electron chi connectivity index (χ1n) is 3.96. The van der Waals surface area contributed by atoms with Crippen molar-refractivity contribution in [3.8, 4) is 5.75 Å². The maximum absolute atomic E-state index is 11.0. The third-order valence-electron chi connectivity index (χ3n) is 1.38. The van der Waals surface area contributed by atoms with E-state index >= 15 is 0 Å². The molecule has 0 atom stereocenters. The van der Waals surface area contributed by atoms with Crippen molar-refractivity contribution in [3.05, 3.63) is 40.9 Å².